The van der Waals surface area contributed by atoms with Crippen molar-refractivity contribution in [2.24, 2.45) is 0 Å². The van der Waals surface area contributed by atoms with E-state index in [-0.39, 0.29) is 11.4 Å². The second-order valence-electron chi connectivity index (χ2n) is 4.58. The first-order valence-electron chi connectivity index (χ1n) is 6.72. The van der Waals surface area contributed by atoms with Crippen molar-refractivity contribution >= 4 is 15.7 Å². The molecule has 0 bridgehead atoms. The van der Waals surface area contributed by atoms with Crippen LogP contribution in [0.5, 0.6) is 0 Å². The highest BCUT2D eigenvalue weighted by Gasteiger charge is 2.19. The van der Waals surface area contributed by atoms with Gasteiger partial charge in [0, 0.05) is 12.2 Å². The monoisotopic (exact) mass is 309 g/mol. The molecule has 0 aliphatic heterocycles. The number of benzene rings is 1. The Bertz CT molecular complexity index is 724. The Kier molecular flexibility index (Phi) is 4.59. The van der Waals surface area contributed by atoms with Crippen LogP contribution in [0.2, 0.25) is 0 Å². The quantitative estimate of drug-likeness (QED) is 0.772. The van der Waals surface area contributed by atoms with E-state index in [0.717, 1.165) is 5.56 Å². The van der Waals surface area contributed by atoms with Crippen LogP contribution in [-0.4, -0.2) is 23.2 Å². The average molecular weight is 309 g/mol. The predicted molar refractivity (Wildman–Crippen MR) is 80.0 cm³/mol. The smallest absolute Gasteiger partial charge is 0.241 e. The molecule has 114 valence electrons. The van der Waals surface area contributed by atoms with E-state index in [4.69, 9.17) is 5.73 Å². The van der Waals surface area contributed by atoms with Gasteiger partial charge in [0.2, 0.25) is 10.0 Å². The minimum Gasteiger partial charge on any atom is -0.399 e. The topological polar surface area (TPSA) is 103 Å². The van der Waals surface area contributed by atoms with Crippen LogP contribution in [0.25, 0.3) is 0 Å². The Labute approximate surface area is 124 Å². The number of hydrogen-bond donors (Lipinski definition) is 2. The van der Waals surface area contributed by atoms with E-state index in [9.17, 15) is 8.42 Å². The SMILES string of the molecule is CCc1ccc(N)cc1S(=O)(=O)NCc1nncn1CC. The fourth-order valence-electron chi connectivity index (χ4n) is 2.03. The predicted octanol–water partition coefficient (Wildman–Crippen LogP) is 0.921. The van der Waals surface area contributed by atoms with Crippen LogP contribution in [-0.2, 0) is 29.5 Å². The lowest BCUT2D eigenvalue weighted by molar-refractivity contribution is 0.574. The van der Waals surface area contributed by atoms with Crippen LogP contribution in [0, 0.1) is 0 Å². The van der Waals surface area contributed by atoms with Gasteiger partial charge in [0.05, 0.1) is 11.4 Å². The Morgan fingerprint density at radius 3 is 2.76 bits per heavy atom. The van der Waals surface area contributed by atoms with Crippen molar-refractivity contribution in [2.75, 3.05) is 5.73 Å². The summed E-state index contributed by atoms with van der Waals surface area (Å²) < 4.78 is 29.2. The third kappa shape index (κ3) is 3.40. The van der Waals surface area contributed by atoms with Gasteiger partial charge in [0.1, 0.15) is 12.2 Å². The zero-order valence-electron chi connectivity index (χ0n) is 12.1. The third-order valence-electron chi connectivity index (χ3n) is 3.22. The van der Waals surface area contributed by atoms with E-state index in [1.54, 1.807) is 23.0 Å². The molecule has 2 aromatic rings. The number of aromatic nitrogens is 3. The van der Waals surface area contributed by atoms with Crippen molar-refractivity contribution in [2.45, 2.75) is 38.3 Å². The number of nitrogens with zero attached hydrogens (tertiary/aromatic N) is 3. The molecule has 8 heteroatoms. The van der Waals surface area contributed by atoms with Crippen LogP contribution in [0.4, 0.5) is 5.69 Å². The maximum atomic E-state index is 12.4. The number of hydrogen-bond acceptors (Lipinski definition) is 5. The second-order valence-corrected chi connectivity index (χ2v) is 6.31. The van der Waals surface area contributed by atoms with E-state index >= 15 is 0 Å². The molecule has 0 radical (unpaired) electrons. The van der Waals surface area contributed by atoms with E-state index in [0.29, 0.717) is 24.5 Å². The maximum Gasteiger partial charge on any atom is 0.241 e. The Balaban J connectivity index is 2.25. The molecule has 0 aliphatic carbocycles. The van der Waals surface area contributed by atoms with Crippen LogP contribution in [0.1, 0.15) is 25.2 Å². The summed E-state index contributed by atoms with van der Waals surface area (Å²) in [4.78, 5) is 0.215. The molecule has 0 atom stereocenters. The van der Waals surface area contributed by atoms with Crippen molar-refractivity contribution in [3.8, 4) is 0 Å². The van der Waals surface area contributed by atoms with E-state index < -0.39 is 10.0 Å². The summed E-state index contributed by atoms with van der Waals surface area (Å²) in [5, 5.41) is 7.68. The van der Waals surface area contributed by atoms with Gasteiger partial charge in [-0.15, -0.1) is 10.2 Å². The highest BCUT2D eigenvalue weighted by atomic mass is 32.2. The Morgan fingerprint density at radius 2 is 2.10 bits per heavy atom. The van der Waals surface area contributed by atoms with Gasteiger partial charge in [-0.25, -0.2) is 13.1 Å². The maximum absolute atomic E-state index is 12.4. The first kappa shape index (κ1) is 15.5. The molecule has 0 aliphatic rings. The second kappa shape index (κ2) is 6.23. The highest BCUT2D eigenvalue weighted by Crippen LogP contribution is 2.19. The lowest BCUT2D eigenvalue weighted by Gasteiger charge is -2.11. The van der Waals surface area contributed by atoms with Gasteiger partial charge in [-0.2, -0.15) is 0 Å². The molecule has 1 heterocycles. The molecule has 1 aromatic carbocycles. The molecule has 0 saturated heterocycles. The van der Waals surface area contributed by atoms with Gasteiger partial charge in [0.25, 0.3) is 0 Å². The van der Waals surface area contributed by atoms with Gasteiger partial charge in [-0.3, -0.25) is 0 Å². The Hall–Kier alpha value is -1.93. The Morgan fingerprint density at radius 1 is 1.33 bits per heavy atom. The van der Waals surface area contributed by atoms with Crippen LogP contribution in [0.15, 0.2) is 29.4 Å². The standard InChI is InChI=1S/C13H19N5O2S/c1-3-10-5-6-11(14)7-12(10)21(19,20)16-8-13-17-15-9-18(13)4-2/h5-7,9,16H,3-4,8,14H2,1-2H3. The summed E-state index contributed by atoms with van der Waals surface area (Å²) in [6, 6.07) is 4.91. The van der Waals surface area contributed by atoms with E-state index in [1.165, 1.54) is 6.07 Å². The largest absolute Gasteiger partial charge is 0.399 e. The van der Waals surface area contributed by atoms with E-state index in [1.807, 2.05) is 13.8 Å². The summed E-state index contributed by atoms with van der Waals surface area (Å²) in [6.07, 6.45) is 2.18. The van der Waals surface area contributed by atoms with Crippen LogP contribution in [0.3, 0.4) is 0 Å². The first-order valence-corrected chi connectivity index (χ1v) is 8.21. The summed E-state index contributed by atoms with van der Waals surface area (Å²) in [5.74, 6) is 0.572. The number of nitrogen functional groups attached to an aromatic ring is 1. The number of aryl methyl sites for hydroxylation is 2. The zero-order valence-corrected chi connectivity index (χ0v) is 12.9. The molecule has 0 fully saturated rings. The van der Waals surface area contributed by atoms with Crippen molar-refractivity contribution in [3.63, 3.8) is 0 Å². The lowest BCUT2D eigenvalue weighted by Crippen LogP contribution is -2.26. The van der Waals surface area contributed by atoms with Gasteiger partial charge in [0.15, 0.2) is 0 Å². The first-order chi connectivity index (χ1) is 9.97. The number of anilines is 1. The minimum absolute atomic E-state index is 0.0914. The van der Waals surface area contributed by atoms with Crippen molar-refractivity contribution in [3.05, 3.63) is 35.9 Å². The van der Waals surface area contributed by atoms with Crippen LogP contribution < -0.4 is 10.5 Å². The zero-order chi connectivity index (χ0) is 15.5. The molecule has 1 aromatic heterocycles. The van der Waals surface area contributed by atoms with Gasteiger partial charge in [-0.1, -0.05) is 13.0 Å². The molecule has 0 unspecified atom stereocenters. The average Bonchev–Trinajstić information content (AvgIpc) is 2.92. The molecule has 0 amide bonds. The number of sulfonamides is 1. The van der Waals surface area contributed by atoms with Crippen molar-refractivity contribution in [1.82, 2.24) is 19.5 Å². The molecule has 3 N–H and O–H groups in total. The van der Waals surface area contributed by atoms with Gasteiger partial charge >= 0.3 is 0 Å². The minimum atomic E-state index is -3.64. The lowest BCUT2D eigenvalue weighted by atomic mass is 10.1. The summed E-state index contributed by atoms with van der Waals surface area (Å²) >= 11 is 0. The fraction of sp³-hybridized carbons (Fsp3) is 0.385. The molecule has 0 saturated carbocycles. The molecular weight excluding hydrogens is 290 g/mol. The van der Waals surface area contributed by atoms with Crippen molar-refractivity contribution < 1.29 is 8.42 Å². The summed E-state index contributed by atoms with van der Waals surface area (Å²) in [6.45, 7) is 4.61. The van der Waals surface area contributed by atoms with Crippen molar-refractivity contribution in [1.29, 1.82) is 0 Å². The van der Waals surface area contributed by atoms with Gasteiger partial charge < -0.3 is 10.3 Å². The fourth-order valence-corrected chi connectivity index (χ4v) is 3.35. The number of nitrogens with one attached hydrogen (secondary N) is 1. The normalized spacial score (nSPS) is 11.7. The summed E-state index contributed by atoms with van der Waals surface area (Å²) in [5.41, 5.74) is 6.85. The van der Waals surface area contributed by atoms with Gasteiger partial charge in [-0.05, 0) is 31.0 Å². The number of nitrogens with two attached hydrogens (primary N) is 1. The molecule has 7 nitrogen and oxygen atoms in total. The molecule has 0 spiro atoms. The molecule has 2 rings (SSSR count). The third-order valence-corrected chi connectivity index (χ3v) is 4.70. The molecule has 21 heavy (non-hydrogen) atoms. The highest BCUT2D eigenvalue weighted by molar-refractivity contribution is 7.89. The number of rotatable bonds is 6. The van der Waals surface area contributed by atoms with Crippen LogP contribution >= 0.6 is 0 Å². The summed E-state index contributed by atoms with van der Waals surface area (Å²) in [7, 11) is -3.64. The molecular formula is C13H19N5O2S. The van der Waals surface area contributed by atoms with E-state index in [2.05, 4.69) is 14.9 Å².